The average Bonchev–Trinajstić information content (AvgIpc) is 3.01. The van der Waals surface area contributed by atoms with Crippen molar-refractivity contribution in [2.75, 3.05) is 0 Å². The maximum absolute atomic E-state index is 12.8. The van der Waals surface area contributed by atoms with Gasteiger partial charge in [0.15, 0.2) is 0 Å². The van der Waals surface area contributed by atoms with Gasteiger partial charge in [0.05, 0.1) is 5.56 Å². The first-order valence-corrected chi connectivity index (χ1v) is 8.62. The van der Waals surface area contributed by atoms with E-state index in [2.05, 4.69) is 9.71 Å². The normalized spacial score (nSPS) is 12.6. The third-order valence-electron chi connectivity index (χ3n) is 3.70. The summed E-state index contributed by atoms with van der Waals surface area (Å²) in [5, 5.41) is 10.6. The van der Waals surface area contributed by atoms with Gasteiger partial charge < -0.3 is 10.1 Å². The van der Waals surface area contributed by atoms with Gasteiger partial charge in [0.2, 0.25) is 10.0 Å². The van der Waals surface area contributed by atoms with E-state index >= 15 is 0 Å². The minimum atomic E-state index is -4.71. The van der Waals surface area contributed by atoms with Gasteiger partial charge in [0.1, 0.15) is 10.6 Å². The van der Waals surface area contributed by atoms with E-state index in [1.807, 2.05) is 12.1 Å². The number of para-hydroxylation sites is 1. The van der Waals surface area contributed by atoms with Crippen molar-refractivity contribution in [2.24, 2.45) is 0 Å². The van der Waals surface area contributed by atoms with Gasteiger partial charge in [0.25, 0.3) is 0 Å². The number of sulfonamides is 1. The van der Waals surface area contributed by atoms with Crippen LogP contribution in [-0.2, 0) is 22.7 Å². The summed E-state index contributed by atoms with van der Waals surface area (Å²) in [4.78, 5) is 2.15. The SMILES string of the molecule is O=S(=O)(NCc1cccc2cc[nH]c12)c1cc(C(F)(F)F)ccc1O. The predicted octanol–water partition coefficient (Wildman–Crippen LogP) is 3.37. The molecule has 9 heteroatoms. The quantitative estimate of drug-likeness (QED) is 0.659. The number of hydrogen-bond acceptors (Lipinski definition) is 3. The molecule has 0 atom stereocenters. The number of rotatable bonds is 4. The molecule has 0 spiro atoms. The minimum Gasteiger partial charge on any atom is -0.507 e. The monoisotopic (exact) mass is 370 g/mol. The largest absolute Gasteiger partial charge is 0.507 e. The van der Waals surface area contributed by atoms with E-state index in [-0.39, 0.29) is 6.54 Å². The minimum absolute atomic E-state index is 0.143. The first-order chi connectivity index (χ1) is 11.7. The molecule has 0 aliphatic heterocycles. The van der Waals surface area contributed by atoms with Crippen LogP contribution in [0.3, 0.4) is 0 Å². The van der Waals surface area contributed by atoms with E-state index in [1.54, 1.807) is 18.3 Å². The van der Waals surface area contributed by atoms with Crippen molar-refractivity contribution in [3.05, 3.63) is 59.8 Å². The lowest BCUT2D eigenvalue weighted by molar-refractivity contribution is -0.137. The fourth-order valence-corrected chi connectivity index (χ4v) is 3.58. The van der Waals surface area contributed by atoms with Crippen molar-refractivity contribution in [3.63, 3.8) is 0 Å². The molecule has 132 valence electrons. The van der Waals surface area contributed by atoms with Gasteiger partial charge in [-0.25, -0.2) is 13.1 Å². The lowest BCUT2D eigenvalue weighted by atomic mass is 10.1. The van der Waals surface area contributed by atoms with Crippen molar-refractivity contribution in [3.8, 4) is 5.75 Å². The smallest absolute Gasteiger partial charge is 0.416 e. The Morgan fingerprint density at radius 2 is 1.88 bits per heavy atom. The number of aromatic nitrogens is 1. The standard InChI is InChI=1S/C16H13F3N2O3S/c17-16(18,19)12-4-5-13(22)14(8-12)25(23,24)21-9-11-3-1-2-10-6-7-20-15(10)11/h1-8,20-22H,9H2. The molecule has 25 heavy (non-hydrogen) atoms. The summed E-state index contributed by atoms with van der Waals surface area (Å²) in [7, 11) is -4.34. The highest BCUT2D eigenvalue weighted by molar-refractivity contribution is 7.89. The molecular weight excluding hydrogens is 357 g/mol. The Bertz CT molecular complexity index is 1030. The second-order valence-electron chi connectivity index (χ2n) is 5.36. The van der Waals surface area contributed by atoms with Crippen molar-refractivity contribution < 1.29 is 26.7 Å². The number of aromatic amines is 1. The zero-order valence-corrected chi connectivity index (χ0v) is 13.4. The molecule has 0 aliphatic rings. The molecule has 1 aromatic heterocycles. The van der Waals surface area contributed by atoms with Crippen LogP contribution in [0.15, 0.2) is 53.6 Å². The van der Waals surface area contributed by atoms with Gasteiger partial charge in [-0.3, -0.25) is 0 Å². The number of nitrogens with one attached hydrogen (secondary N) is 2. The molecule has 0 bridgehead atoms. The molecule has 1 heterocycles. The summed E-state index contributed by atoms with van der Waals surface area (Å²) in [5.74, 6) is -0.751. The zero-order chi connectivity index (χ0) is 18.2. The number of fused-ring (bicyclic) bond motifs is 1. The molecule has 0 unspecified atom stereocenters. The fraction of sp³-hybridized carbons (Fsp3) is 0.125. The van der Waals surface area contributed by atoms with Crippen LogP contribution in [0.25, 0.3) is 10.9 Å². The third-order valence-corrected chi connectivity index (χ3v) is 5.13. The van der Waals surface area contributed by atoms with Gasteiger partial charge >= 0.3 is 6.18 Å². The molecule has 3 N–H and O–H groups in total. The number of aromatic hydroxyl groups is 1. The van der Waals surface area contributed by atoms with Crippen LogP contribution in [0.4, 0.5) is 13.2 Å². The first kappa shape index (κ1) is 17.3. The Balaban J connectivity index is 1.91. The van der Waals surface area contributed by atoms with Crippen molar-refractivity contribution >= 4 is 20.9 Å². The average molecular weight is 370 g/mol. The van der Waals surface area contributed by atoms with E-state index in [1.165, 1.54) is 0 Å². The highest BCUT2D eigenvalue weighted by Crippen LogP contribution is 2.34. The molecular formula is C16H13F3N2O3S. The molecule has 0 saturated heterocycles. The van der Waals surface area contributed by atoms with Crippen molar-refractivity contribution in [1.29, 1.82) is 0 Å². The van der Waals surface area contributed by atoms with E-state index in [0.29, 0.717) is 23.8 Å². The second-order valence-corrected chi connectivity index (χ2v) is 7.10. The summed E-state index contributed by atoms with van der Waals surface area (Å²) in [5.41, 5.74) is 0.188. The van der Waals surface area contributed by atoms with Crippen LogP contribution in [0.5, 0.6) is 5.75 Å². The van der Waals surface area contributed by atoms with E-state index in [9.17, 15) is 26.7 Å². The number of benzene rings is 2. The second kappa shape index (κ2) is 6.08. The van der Waals surface area contributed by atoms with Gasteiger partial charge in [-0.05, 0) is 35.2 Å². The van der Waals surface area contributed by atoms with Gasteiger partial charge in [0, 0.05) is 18.3 Å². The number of phenolic OH excluding ortho intramolecular Hbond substituents is 1. The topological polar surface area (TPSA) is 82.2 Å². The van der Waals surface area contributed by atoms with Crippen molar-refractivity contribution in [2.45, 2.75) is 17.6 Å². The van der Waals surface area contributed by atoms with Crippen LogP contribution in [-0.4, -0.2) is 18.5 Å². The summed E-state index contributed by atoms with van der Waals surface area (Å²) in [6, 6.07) is 8.81. The van der Waals surface area contributed by atoms with E-state index in [0.717, 1.165) is 10.9 Å². The number of hydrogen-bond donors (Lipinski definition) is 3. The number of halogens is 3. The van der Waals surface area contributed by atoms with Gasteiger partial charge in [-0.15, -0.1) is 0 Å². The summed E-state index contributed by atoms with van der Waals surface area (Å²) < 4.78 is 65.2. The zero-order valence-electron chi connectivity index (χ0n) is 12.6. The van der Waals surface area contributed by atoms with Gasteiger partial charge in [-0.2, -0.15) is 13.2 Å². The highest BCUT2D eigenvalue weighted by atomic mass is 32.2. The fourth-order valence-electron chi connectivity index (χ4n) is 2.45. The molecule has 5 nitrogen and oxygen atoms in total. The molecule has 0 amide bonds. The Morgan fingerprint density at radius 1 is 1.12 bits per heavy atom. The lowest BCUT2D eigenvalue weighted by Gasteiger charge is -2.12. The predicted molar refractivity (Wildman–Crippen MR) is 85.4 cm³/mol. The Morgan fingerprint density at radius 3 is 2.60 bits per heavy atom. The number of alkyl halides is 3. The van der Waals surface area contributed by atoms with Crippen molar-refractivity contribution in [1.82, 2.24) is 9.71 Å². The molecule has 0 radical (unpaired) electrons. The molecule has 0 aliphatic carbocycles. The molecule has 0 fully saturated rings. The number of phenols is 1. The molecule has 3 rings (SSSR count). The van der Waals surface area contributed by atoms with Crippen LogP contribution < -0.4 is 4.72 Å². The molecule has 2 aromatic carbocycles. The Hall–Kier alpha value is -2.52. The number of H-pyrrole nitrogens is 1. The van der Waals surface area contributed by atoms with E-state index in [4.69, 9.17) is 0 Å². The van der Waals surface area contributed by atoms with Gasteiger partial charge in [-0.1, -0.05) is 18.2 Å². The van der Waals surface area contributed by atoms with E-state index < -0.39 is 32.4 Å². The molecule has 3 aromatic rings. The van der Waals surface area contributed by atoms with Crippen LogP contribution in [0, 0.1) is 0 Å². The lowest BCUT2D eigenvalue weighted by Crippen LogP contribution is -2.24. The third kappa shape index (κ3) is 3.47. The summed E-state index contributed by atoms with van der Waals surface area (Å²) >= 11 is 0. The molecule has 0 saturated carbocycles. The Labute approximate surface area is 141 Å². The summed E-state index contributed by atoms with van der Waals surface area (Å²) in [6.07, 6.45) is -3.02. The van der Waals surface area contributed by atoms with Crippen LogP contribution >= 0.6 is 0 Å². The van der Waals surface area contributed by atoms with Crippen LogP contribution in [0.2, 0.25) is 0 Å². The Kier molecular flexibility index (Phi) is 4.21. The summed E-state index contributed by atoms with van der Waals surface area (Å²) in [6.45, 7) is -0.143. The maximum atomic E-state index is 12.8. The first-order valence-electron chi connectivity index (χ1n) is 7.13. The highest BCUT2D eigenvalue weighted by Gasteiger charge is 2.33. The van der Waals surface area contributed by atoms with Crippen LogP contribution in [0.1, 0.15) is 11.1 Å². The maximum Gasteiger partial charge on any atom is 0.416 e.